The van der Waals surface area contributed by atoms with Crippen molar-refractivity contribution in [1.29, 1.82) is 0 Å². The summed E-state index contributed by atoms with van der Waals surface area (Å²) in [6.07, 6.45) is 7.41. The highest BCUT2D eigenvalue weighted by Gasteiger charge is 2.46. The number of aromatic nitrogens is 2. The number of hydrogen-bond acceptors (Lipinski definition) is 5. The summed E-state index contributed by atoms with van der Waals surface area (Å²) >= 11 is 0. The molecule has 0 spiro atoms. The average Bonchev–Trinajstić information content (AvgIpc) is 2.82. The summed E-state index contributed by atoms with van der Waals surface area (Å²) in [6.45, 7) is 0. The molecule has 1 amide bonds. The average molecular weight is 345 g/mol. The predicted octanol–water partition coefficient (Wildman–Crippen LogP) is 1.81. The minimum atomic E-state index is -3.05. The molecule has 2 bridgehead atoms. The normalized spacial score (nSPS) is 26.7. The number of piperidine rings is 1. The van der Waals surface area contributed by atoms with Crippen molar-refractivity contribution in [3.63, 3.8) is 0 Å². The van der Waals surface area contributed by atoms with Crippen LogP contribution in [0.2, 0.25) is 0 Å². The van der Waals surface area contributed by atoms with Crippen LogP contribution >= 0.6 is 0 Å². The van der Waals surface area contributed by atoms with Gasteiger partial charge in [0, 0.05) is 36.3 Å². The third-order valence-corrected chi connectivity index (χ3v) is 6.84. The van der Waals surface area contributed by atoms with E-state index in [2.05, 4.69) is 9.97 Å². The number of fused-ring (bicyclic) bond motifs is 3. The lowest BCUT2D eigenvalue weighted by atomic mass is 10.0. The number of amides is 1. The lowest BCUT2D eigenvalue weighted by Gasteiger charge is -2.38. The topological polar surface area (TPSA) is 80.2 Å². The highest BCUT2D eigenvalue weighted by atomic mass is 32.2. The number of carbonyl (C=O) groups is 1. The van der Waals surface area contributed by atoms with Crippen LogP contribution in [0, 0.1) is 0 Å². The molecule has 0 aliphatic carbocycles. The maximum Gasteiger partial charge on any atom is 0.254 e. The molecule has 1 aromatic carbocycles. The van der Waals surface area contributed by atoms with Crippen molar-refractivity contribution in [2.45, 2.75) is 43.0 Å². The van der Waals surface area contributed by atoms with E-state index in [4.69, 9.17) is 0 Å². The Labute approximate surface area is 140 Å². The largest absolute Gasteiger partial charge is 0.333 e. The van der Waals surface area contributed by atoms with Crippen LogP contribution < -0.4 is 0 Å². The van der Waals surface area contributed by atoms with Crippen LogP contribution in [0.5, 0.6) is 0 Å². The first-order chi connectivity index (χ1) is 11.4. The van der Waals surface area contributed by atoms with E-state index in [0.717, 1.165) is 18.4 Å². The molecule has 4 rings (SSSR count). The molecule has 24 heavy (non-hydrogen) atoms. The fraction of sp³-hybridized carbons (Fsp3) is 0.471. The number of hydrogen-bond donors (Lipinski definition) is 0. The van der Waals surface area contributed by atoms with Gasteiger partial charge >= 0.3 is 0 Å². The minimum absolute atomic E-state index is 0.0218. The minimum Gasteiger partial charge on any atom is -0.333 e. The first kappa shape index (κ1) is 15.5. The Morgan fingerprint density at radius 3 is 2.33 bits per heavy atom. The first-order valence-electron chi connectivity index (χ1n) is 8.16. The van der Waals surface area contributed by atoms with E-state index in [1.54, 1.807) is 30.6 Å². The fourth-order valence-electron chi connectivity index (χ4n) is 4.05. The zero-order valence-corrected chi connectivity index (χ0v) is 14.2. The Morgan fingerprint density at radius 1 is 1.08 bits per heavy atom. The molecular weight excluding hydrogens is 326 g/mol. The van der Waals surface area contributed by atoms with Crippen molar-refractivity contribution in [3.05, 3.63) is 36.2 Å². The second-order valence-electron chi connectivity index (χ2n) is 6.78. The number of carbonyl (C=O) groups excluding carboxylic acids is 1. The van der Waals surface area contributed by atoms with Crippen LogP contribution in [0.4, 0.5) is 0 Å². The summed E-state index contributed by atoms with van der Waals surface area (Å²) in [5.41, 5.74) is 2.05. The van der Waals surface area contributed by atoms with Crippen LogP contribution in [0.3, 0.4) is 0 Å². The van der Waals surface area contributed by atoms with Crippen molar-refractivity contribution in [3.8, 4) is 0 Å². The zero-order valence-electron chi connectivity index (χ0n) is 13.4. The van der Waals surface area contributed by atoms with Gasteiger partial charge in [-0.15, -0.1) is 0 Å². The van der Waals surface area contributed by atoms with Gasteiger partial charge < -0.3 is 4.90 Å². The van der Waals surface area contributed by atoms with Gasteiger partial charge in [0.15, 0.2) is 0 Å². The maximum absolute atomic E-state index is 13.0. The molecule has 1 aromatic heterocycles. The lowest BCUT2D eigenvalue weighted by molar-refractivity contribution is 0.0598. The molecule has 2 atom stereocenters. The summed E-state index contributed by atoms with van der Waals surface area (Å²) in [5, 5.41) is -0.318. The van der Waals surface area contributed by atoms with Gasteiger partial charge in [-0.05, 0) is 43.9 Å². The SMILES string of the molecule is CS(=O)(=O)C1CC2CCC(C1)N2C(=O)c1ccc2nccnc2c1. The first-order valence-corrected chi connectivity index (χ1v) is 10.1. The Morgan fingerprint density at radius 2 is 1.71 bits per heavy atom. The molecule has 2 aliphatic rings. The smallest absolute Gasteiger partial charge is 0.254 e. The molecule has 2 aliphatic heterocycles. The van der Waals surface area contributed by atoms with Crippen LogP contribution in [0.1, 0.15) is 36.0 Å². The van der Waals surface area contributed by atoms with E-state index in [-0.39, 0.29) is 23.2 Å². The molecular formula is C17H19N3O3S. The quantitative estimate of drug-likeness (QED) is 0.829. The number of benzene rings is 1. The lowest BCUT2D eigenvalue weighted by Crippen LogP contribution is -2.49. The van der Waals surface area contributed by atoms with E-state index in [9.17, 15) is 13.2 Å². The van der Waals surface area contributed by atoms with Crippen LogP contribution in [0.15, 0.2) is 30.6 Å². The fourth-order valence-corrected chi connectivity index (χ4v) is 5.20. The molecule has 0 radical (unpaired) electrons. The molecule has 2 aromatic rings. The van der Waals surface area contributed by atoms with Gasteiger partial charge in [-0.2, -0.15) is 0 Å². The Hall–Kier alpha value is -2.02. The van der Waals surface area contributed by atoms with Gasteiger partial charge in [-0.25, -0.2) is 8.42 Å². The van der Waals surface area contributed by atoms with E-state index in [1.165, 1.54) is 6.26 Å². The summed E-state index contributed by atoms with van der Waals surface area (Å²) in [5.74, 6) is -0.0259. The molecule has 2 fully saturated rings. The Balaban J connectivity index is 1.63. The van der Waals surface area contributed by atoms with Crippen LogP contribution in [-0.2, 0) is 9.84 Å². The molecule has 0 N–H and O–H groups in total. The second-order valence-corrected chi connectivity index (χ2v) is 9.11. The Kier molecular flexibility index (Phi) is 3.56. The van der Waals surface area contributed by atoms with Gasteiger partial charge in [-0.3, -0.25) is 14.8 Å². The van der Waals surface area contributed by atoms with Crippen molar-refractivity contribution < 1.29 is 13.2 Å². The molecule has 3 heterocycles. The molecule has 7 heteroatoms. The van der Waals surface area contributed by atoms with Crippen LogP contribution in [-0.4, -0.2) is 52.8 Å². The summed E-state index contributed by atoms with van der Waals surface area (Å²) in [7, 11) is -3.05. The highest BCUT2D eigenvalue weighted by Crippen LogP contribution is 2.39. The van der Waals surface area contributed by atoms with E-state index < -0.39 is 9.84 Å². The third kappa shape index (κ3) is 2.56. The molecule has 0 saturated carbocycles. The zero-order chi connectivity index (χ0) is 16.9. The predicted molar refractivity (Wildman–Crippen MR) is 90.4 cm³/mol. The number of sulfone groups is 1. The second kappa shape index (κ2) is 5.51. The van der Waals surface area contributed by atoms with Gasteiger partial charge in [0.1, 0.15) is 9.84 Å². The van der Waals surface area contributed by atoms with Gasteiger partial charge in [0.05, 0.1) is 16.3 Å². The van der Waals surface area contributed by atoms with Crippen molar-refractivity contribution in [2.24, 2.45) is 0 Å². The summed E-state index contributed by atoms with van der Waals surface area (Å²) in [4.78, 5) is 23.4. The van der Waals surface area contributed by atoms with Crippen LogP contribution in [0.25, 0.3) is 11.0 Å². The van der Waals surface area contributed by atoms with Gasteiger partial charge in [0.25, 0.3) is 5.91 Å². The summed E-state index contributed by atoms with van der Waals surface area (Å²) < 4.78 is 23.8. The standard InChI is InChI=1S/C17H19N3O3S/c1-24(22,23)14-9-12-3-4-13(10-14)20(12)17(21)11-2-5-15-16(8-11)19-7-6-18-15/h2,5-8,12-14H,3-4,9-10H2,1H3. The van der Waals surface area contributed by atoms with Crippen molar-refractivity contribution in [1.82, 2.24) is 14.9 Å². The third-order valence-electron chi connectivity index (χ3n) is 5.25. The summed E-state index contributed by atoms with van der Waals surface area (Å²) in [6, 6.07) is 5.40. The monoisotopic (exact) mass is 345 g/mol. The van der Waals surface area contributed by atoms with Gasteiger partial charge in [0.2, 0.25) is 0 Å². The van der Waals surface area contributed by atoms with E-state index >= 15 is 0 Å². The Bertz CT molecular complexity index is 898. The number of nitrogens with zero attached hydrogens (tertiary/aromatic N) is 3. The van der Waals surface area contributed by atoms with Crippen molar-refractivity contribution in [2.75, 3.05) is 6.26 Å². The molecule has 126 valence electrons. The maximum atomic E-state index is 13.0. The molecule has 2 unspecified atom stereocenters. The number of rotatable bonds is 2. The van der Waals surface area contributed by atoms with Gasteiger partial charge in [-0.1, -0.05) is 0 Å². The van der Waals surface area contributed by atoms with Crippen molar-refractivity contribution >= 4 is 26.8 Å². The highest BCUT2D eigenvalue weighted by molar-refractivity contribution is 7.91. The molecule has 2 saturated heterocycles. The van der Waals surface area contributed by atoms with E-state index in [1.807, 2.05) is 4.90 Å². The molecule has 6 nitrogen and oxygen atoms in total. The van der Waals surface area contributed by atoms with E-state index in [0.29, 0.717) is 23.9 Å².